The number of alkyl halides is 2. The molecule has 0 saturated heterocycles. The van der Waals surface area contributed by atoms with Gasteiger partial charge in [0.05, 0.1) is 0 Å². The standard InChI is InChI=1S/C5H8F2O2/c1-3(8)2-4(9)5(6)7/h4-5,9H,2H2,1H3. The van der Waals surface area contributed by atoms with E-state index in [1.807, 2.05) is 0 Å². The van der Waals surface area contributed by atoms with Crippen LogP contribution in [0.5, 0.6) is 0 Å². The molecule has 9 heavy (non-hydrogen) atoms. The predicted octanol–water partition coefficient (Wildman–Crippen LogP) is 0.591. The molecular weight excluding hydrogens is 130 g/mol. The van der Waals surface area contributed by atoms with E-state index >= 15 is 0 Å². The van der Waals surface area contributed by atoms with Crippen LogP contribution in [0, 0.1) is 0 Å². The zero-order valence-corrected chi connectivity index (χ0v) is 4.97. The number of aliphatic hydroxyl groups is 1. The van der Waals surface area contributed by atoms with Gasteiger partial charge in [-0.3, -0.25) is 4.79 Å². The van der Waals surface area contributed by atoms with Crippen LogP contribution in [0.2, 0.25) is 0 Å². The first-order chi connectivity index (χ1) is 4.04. The maximum absolute atomic E-state index is 11.4. The third-order valence-corrected chi connectivity index (χ3v) is 0.787. The van der Waals surface area contributed by atoms with Crippen molar-refractivity contribution in [2.24, 2.45) is 0 Å². The van der Waals surface area contributed by atoms with E-state index in [0.29, 0.717) is 0 Å². The van der Waals surface area contributed by atoms with E-state index in [0.717, 1.165) is 6.92 Å². The van der Waals surface area contributed by atoms with Gasteiger partial charge in [-0.25, -0.2) is 8.78 Å². The highest BCUT2D eigenvalue weighted by Crippen LogP contribution is 2.04. The molecule has 0 radical (unpaired) electrons. The molecule has 0 bridgehead atoms. The number of aliphatic hydroxyl groups excluding tert-OH is 1. The first-order valence-electron chi connectivity index (χ1n) is 2.49. The zero-order valence-electron chi connectivity index (χ0n) is 4.97. The van der Waals surface area contributed by atoms with Crippen molar-refractivity contribution in [1.29, 1.82) is 0 Å². The Balaban J connectivity index is 3.50. The molecule has 0 aromatic rings. The molecule has 4 heteroatoms. The second-order valence-electron chi connectivity index (χ2n) is 1.81. The number of ketones is 1. The Labute approximate surface area is 51.5 Å². The minimum absolute atomic E-state index is 0.428. The predicted molar refractivity (Wildman–Crippen MR) is 27.3 cm³/mol. The van der Waals surface area contributed by atoms with Crippen LogP contribution in [-0.4, -0.2) is 23.4 Å². The molecule has 2 nitrogen and oxygen atoms in total. The maximum Gasteiger partial charge on any atom is 0.264 e. The zero-order chi connectivity index (χ0) is 7.44. The van der Waals surface area contributed by atoms with Gasteiger partial charge in [-0.15, -0.1) is 0 Å². The minimum Gasteiger partial charge on any atom is -0.387 e. The quantitative estimate of drug-likeness (QED) is 0.619. The van der Waals surface area contributed by atoms with Crippen molar-refractivity contribution in [2.75, 3.05) is 0 Å². The van der Waals surface area contributed by atoms with Crippen LogP contribution in [-0.2, 0) is 4.79 Å². The summed E-state index contributed by atoms with van der Waals surface area (Å²) in [7, 11) is 0. The Morgan fingerprint density at radius 1 is 1.67 bits per heavy atom. The maximum atomic E-state index is 11.4. The first-order valence-corrected chi connectivity index (χ1v) is 2.49. The van der Waals surface area contributed by atoms with Crippen molar-refractivity contribution in [3.63, 3.8) is 0 Å². The Bertz CT molecular complexity index is 103. The summed E-state index contributed by atoms with van der Waals surface area (Å²) in [6.45, 7) is 1.16. The van der Waals surface area contributed by atoms with Crippen LogP contribution in [0.3, 0.4) is 0 Å². The molecule has 54 valence electrons. The molecule has 1 N–H and O–H groups in total. The van der Waals surface area contributed by atoms with E-state index in [-0.39, 0.29) is 0 Å². The molecule has 0 aliphatic heterocycles. The highest BCUT2D eigenvalue weighted by atomic mass is 19.3. The lowest BCUT2D eigenvalue weighted by molar-refractivity contribution is -0.121. The molecule has 0 saturated carbocycles. The number of hydrogen-bond acceptors (Lipinski definition) is 2. The summed E-state index contributed by atoms with van der Waals surface area (Å²) < 4.78 is 22.8. The molecule has 1 atom stereocenters. The first kappa shape index (κ1) is 8.49. The molecule has 0 amide bonds. The molecule has 0 aromatic heterocycles. The second-order valence-corrected chi connectivity index (χ2v) is 1.81. The van der Waals surface area contributed by atoms with Gasteiger partial charge >= 0.3 is 0 Å². The summed E-state index contributed by atoms with van der Waals surface area (Å²) in [5, 5.41) is 8.33. The van der Waals surface area contributed by atoms with Gasteiger partial charge in [-0.1, -0.05) is 0 Å². The van der Waals surface area contributed by atoms with Crippen molar-refractivity contribution in [3.8, 4) is 0 Å². The summed E-state index contributed by atoms with van der Waals surface area (Å²) >= 11 is 0. The normalized spacial score (nSPS) is 13.9. The monoisotopic (exact) mass is 138 g/mol. The SMILES string of the molecule is CC(=O)CC(O)C(F)F. The number of hydrogen-bond donors (Lipinski definition) is 1. The lowest BCUT2D eigenvalue weighted by Gasteiger charge is -2.04. The molecule has 0 heterocycles. The lowest BCUT2D eigenvalue weighted by atomic mass is 10.2. The average Bonchev–Trinajstić information content (AvgIpc) is 1.63. The van der Waals surface area contributed by atoms with Crippen molar-refractivity contribution >= 4 is 5.78 Å². The number of rotatable bonds is 3. The van der Waals surface area contributed by atoms with Crippen LogP contribution < -0.4 is 0 Å². The van der Waals surface area contributed by atoms with E-state index in [1.165, 1.54) is 0 Å². The Morgan fingerprint density at radius 3 is 2.22 bits per heavy atom. The summed E-state index contributed by atoms with van der Waals surface area (Å²) in [6.07, 6.45) is -5.06. The minimum atomic E-state index is -2.81. The highest BCUT2D eigenvalue weighted by Gasteiger charge is 2.17. The van der Waals surface area contributed by atoms with E-state index in [1.54, 1.807) is 0 Å². The third kappa shape index (κ3) is 4.02. The largest absolute Gasteiger partial charge is 0.387 e. The van der Waals surface area contributed by atoms with Crippen LogP contribution in [0.4, 0.5) is 8.78 Å². The molecule has 0 aliphatic rings. The highest BCUT2D eigenvalue weighted by molar-refractivity contribution is 5.75. The van der Waals surface area contributed by atoms with Crippen molar-refractivity contribution in [2.45, 2.75) is 25.9 Å². The molecular formula is C5H8F2O2. The van der Waals surface area contributed by atoms with E-state index in [4.69, 9.17) is 5.11 Å². The van der Waals surface area contributed by atoms with Crippen molar-refractivity contribution in [1.82, 2.24) is 0 Å². The van der Waals surface area contributed by atoms with Gasteiger partial charge in [0.2, 0.25) is 0 Å². The molecule has 1 unspecified atom stereocenters. The van der Waals surface area contributed by atoms with Gasteiger partial charge < -0.3 is 5.11 Å². The van der Waals surface area contributed by atoms with E-state index in [9.17, 15) is 13.6 Å². The Morgan fingerprint density at radius 2 is 2.11 bits per heavy atom. The Kier molecular flexibility index (Phi) is 3.30. The summed E-state index contributed by atoms with van der Waals surface area (Å²) in [6, 6.07) is 0. The summed E-state index contributed by atoms with van der Waals surface area (Å²) in [4.78, 5) is 10.1. The van der Waals surface area contributed by atoms with Gasteiger partial charge in [-0.05, 0) is 6.92 Å². The van der Waals surface area contributed by atoms with Crippen molar-refractivity contribution < 1.29 is 18.7 Å². The summed E-state index contributed by atoms with van der Waals surface area (Å²) in [5.41, 5.74) is 0. The Hall–Kier alpha value is -0.510. The van der Waals surface area contributed by atoms with Gasteiger partial charge in [0.25, 0.3) is 6.43 Å². The molecule has 0 rings (SSSR count). The van der Waals surface area contributed by atoms with Gasteiger partial charge in [0, 0.05) is 6.42 Å². The van der Waals surface area contributed by atoms with E-state index in [2.05, 4.69) is 0 Å². The van der Waals surface area contributed by atoms with Crippen LogP contribution in [0.15, 0.2) is 0 Å². The smallest absolute Gasteiger partial charge is 0.264 e. The second kappa shape index (κ2) is 3.50. The third-order valence-electron chi connectivity index (χ3n) is 0.787. The molecule has 0 fully saturated rings. The number of carbonyl (C=O) groups excluding carboxylic acids is 1. The van der Waals surface area contributed by atoms with Crippen LogP contribution >= 0.6 is 0 Å². The van der Waals surface area contributed by atoms with Gasteiger partial charge in [0.1, 0.15) is 11.9 Å². The van der Waals surface area contributed by atoms with Crippen LogP contribution in [0.25, 0.3) is 0 Å². The average molecular weight is 138 g/mol. The van der Waals surface area contributed by atoms with Gasteiger partial charge in [0.15, 0.2) is 0 Å². The fourth-order valence-corrected chi connectivity index (χ4v) is 0.384. The molecule has 0 aromatic carbocycles. The van der Waals surface area contributed by atoms with Crippen molar-refractivity contribution in [3.05, 3.63) is 0 Å². The lowest BCUT2D eigenvalue weighted by Crippen LogP contribution is -2.19. The number of Topliss-reactive ketones (excluding diaryl/α,β-unsaturated/α-hetero) is 1. The fourth-order valence-electron chi connectivity index (χ4n) is 0.384. The molecule has 0 spiro atoms. The van der Waals surface area contributed by atoms with Crippen LogP contribution in [0.1, 0.15) is 13.3 Å². The topological polar surface area (TPSA) is 37.3 Å². The van der Waals surface area contributed by atoms with Gasteiger partial charge in [-0.2, -0.15) is 0 Å². The molecule has 0 aliphatic carbocycles. The fraction of sp³-hybridized carbons (Fsp3) is 0.800. The number of halogens is 2. The van der Waals surface area contributed by atoms with E-state index < -0.39 is 24.7 Å². The summed E-state index contributed by atoms with van der Waals surface area (Å²) in [5.74, 6) is -0.428. The number of carbonyl (C=O) groups is 1.